The number of methoxy groups -OCH3 is 2. The van der Waals surface area contributed by atoms with Crippen molar-refractivity contribution in [2.75, 3.05) is 25.3 Å². The topological polar surface area (TPSA) is 89.1 Å². The quantitative estimate of drug-likeness (QED) is 0.314. The fourth-order valence-corrected chi connectivity index (χ4v) is 3.99. The first-order valence-electron chi connectivity index (χ1n) is 8.65. The smallest absolute Gasteiger partial charge is 0.234 e. The van der Waals surface area contributed by atoms with Crippen LogP contribution in [0.4, 0.5) is 5.69 Å². The number of benzene rings is 2. The predicted octanol–water partition coefficient (Wildman–Crippen LogP) is 4.62. The first-order chi connectivity index (χ1) is 14.1. The van der Waals surface area contributed by atoms with Crippen molar-refractivity contribution >= 4 is 61.2 Å². The number of carbonyl (C=O) groups is 1. The van der Waals surface area contributed by atoms with E-state index in [1.165, 1.54) is 18.1 Å². The lowest BCUT2D eigenvalue weighted by Crippen LogP contribution is -2.14. The number of amides is 1. The molecule has 2 heterocycles. The second kappa shape index (κ2) is 8.30. The zero-order valence-corrected chi connectivity index (χ0v) is 18.1. The lowest BCUT2D eigenvalue weighted by Gasteiger charge is -2.06. The average Bonchev–Trinajstić information content (AvgIpc) is 3.11. The van der Waals surface area contributed by atoms with Gasteiger partial charge in [-0.15, -0.1) is 0 Å². The molecule has 0 fully saturated rings. The van der Waals surface area contributed by atoms with Gasteiger partial charge in [0.05, 0.1) is 31.0 Å². The normalized spacial score (nSPS) is 11.0. The molecule has 0 radical (unpaired) electrons. The molecule has 9 heteroatoms. The molecule has 1 amide bonds. The molecule has 0 aliphatic carbocycles. The molecule has 4 rings (SSSR count). The minimum atomic E-state index is -0.108. The number of hydrogen-bond acceptors (Lipinski definition) is 6. The van der Waals surface area contributed by atoms with E-state index in [4.69, 9.17) is 9.47 Å². The molecule has 0 unspecified atom stereocenters. The van der Waals surface area contributed by atoms with E-state index in [1.54, 1.807) is 14.2 Å². The second-order valence-corrected chi connectivity index (χ2v) is 8.00. The summed E-state index contributed by atoms with van der Waals surface area (Å²) < 4.78 is 11.7. The first kappa shape index (κ1) is 19.5. The van der Waals surface area contributed by atoms with Crippen LogP contribution in [0, 0.1) is 0 Å². The van der Waals surface area contributed by atoms with Crippen molar-refractivity contribution in [2.24, 2.45) is 0 Å². The molecule has 0 saturated heterocycles. The third-order valence-corrected chi connectivity index (χ3v) is 5.84. The van der Waals surface area contributed by atoms with Gasteiger partial charge in [0.2, 0.25) is 5.91 Å². The highest BCUT2D eigenvalue weighted by molar-refractivity contribution is 9.10. The zero-order chi connectivity index (χ0) is 20.4. The summed E-state index contributed by atoms with van der Waals surface area (Å²) in [6.07, 6.45) is 1.50. The minimum Gasteiger partial charge on any atom is -0.493 e. The molecule has 4 aromatic rings. The maximum atomic E-state index is 12.3. The Kier molecular flexibility index (Phi) is 5.59. The number of nitrogens with zero attached hydrogens (tertiary/aromatic N) is 2. The van der Waals surface area contributed by atoms with E-state index in [1.807, 2.05) is 36.4 Å². The Hall–Kier alpha value is -2.78. The molecule has 0 spiro atoms. The molecule has 2 aromatic carbocycles. The molecule has 0 aliphatic rings. The number of thioether (sulfide) groups is 1. The summed E-state index contributed by atoms with van der Waals surface area (Å²) in [6.45, 7) is 0. The van der Waals surface area contributed by atoms with Gasteiger partial charge in [-0.2, -0.15) is 0 Å². The van der Waals surface area contributed by atoms with Gasteiger partial charge in [0.1, 0.15) is 16.9 Å². The van der Waals surface area contributed by atoms with Crippen molar-refractivity contribution in [1.29, 1.82) is 0 Å². The summed E-state index contributed by atoms with van der Waals surface area (Å²) in [5.74, 6) is 1.37. The molecular formula is C20H17BrN4O3S. The van der Waals surface area contributed by atoms with Crippen LogP contribution in [0.1, 0.15) is 0 Å². The SMILES string of the molecule is COc1cc2[nH]c3c(SCC(=O)Nc4ccc(Br)cc4)ncnc3c2cc1OC. The van der Waals surface area contributed by atoms with E-state index < -0.39 is 0 Å². The third-order valence-electron chi connectivity index (χ3n) is 4.32. The van der Waals surface area contributed by atoms with Crippen LogP contribution < -0.4 is 14.8 Å². The van der Waals surface area contributed by atoms with Crippen molar-refractivity contribution in [3.63, 3.8) is 0 Å². The number of carbonyl (C=O) groups excluding carboxylic acids is 1. The Bertz CT molecular complexity index is 1190. The van der Waals surface area contributed by atoms with Gasteiger partial charge in [0.15, 0.2) is 11.5 Å². The van der Waals surface area contributed by atoms with Gasteiger partial charge >= 0.3 is 0 Å². The van der Waals surface area contributed by atoms with Gasteiger partial charge in [-0.25, -0.2) is 9.97 Å². The molecule has 0 aliphatic heterocycles. The van der Waals surface area contributed by atoms with E-state index in [9.17, 15) is 4.79 Å². The lowest BCUT2D eigenvalue weighted by molar-refractivity contribution is -0.113. The van der Waals surface area contributed by atoms with Gasteiger partial charge in [0, 0.05) is 21.6 Å². The highest BCUT2D eigenvalue weighted by Crippen LogP contribution is 2.36. The largest absolute Gasteiger partial charge is 0.493 e. The Labute approximate surface area is 179 Å². The summed E-state index contributed by atoms with van der Waals surface area (Å²) in [6, 6.07) is 11.2. The van der Waals surface area contributed by atoms with Gasteiger partial charge in [-0.3, -0.25) is 4.79 Å². The fourth-order valence-electron chi connectivity index (χ4n) is 2.97. The standard InChI is InChI=1S/C20H17BrN4O3S/c1-27-15-7-13-14(8-16(15)28-2)25-19-18(13)22-10-23-20(19)29-9-17(26)24-12-5-3-11(21)4-6-12/h3-8,10,25H,9H2,1-2H3,(H,24,26). The Morgan fingerprint density at radius 1 is 1.14 bits per heavy atom. The number of ether oxygens (including phenoxy) is 2. The summed E-state index contributed by atoms with van der Waals surface area (Å²) in [5, 5.41) is 4.48. The minimum absolute atomic E-state index is 0.108. The number of fused-ring (bicyclic) bond motifs is 3. The zero-order valence-electron chi connectivity index (χ0n) is 15.7. The maximum absolute atomic E-state index is 12.3. The first-order valence-corrected chi connectivity index (χ1v) is 10.4. The van der Waals surface area contributed by atoms with Crippen molar-refractivity contribution in [3.8, 4) is 11.5 Å². The van der Waals surface area contributed by atoms with Crippen LogP contribution in [-0.4, -0.2) is 40.8 Å². The van der Waals surface area contributed by atoms with Gasteiger partial charge < -0.3 is 19.8 Å². The summed E-state index contributed by atoms with van der Waals surface area (Å²) in [7, 11) is 3.19. The highest BCUT2D eigenvalue weighted by atomic mass is 79.9. The Morgan fingerprint density at radius 2 is 1.86 bits per heavy atom. The van der Waals surface area contributed by atoms with Crippen LogP contribution in [0.2, 0.25) is 0 Å². The van der Waals surface area contributed by atoms with Crippen molar-refractivity contribution in [3.05, 3.63) is 47.2 Å². The number of H-pyrrole nitrogens is 1. The van der Waals surface area contributed by atoms with Crippen LogP contribution >= 0.6 is 27.7 Å². The number of halogens is 1. The van der Waals surface area contributed by atoms with E-state index in [0.29, 0.717) is 16.5 Å². The van der Waals surface area contributed by atoms with E-state index in [-0.39, 0.29) is 11.7 Å². The second-order valence-electron chi connectivity index (χ2n) is 6.12. The third kappa shape index (κ3) is 4.01. The molecule has 0 bridgehead atoms. The monoisotopic (exact) mass is 472 g/mol. The van der Waals surface area contributed by atoms with Gasteiger partial charge in [-0.1, -0.05) is 27.7 Å². The number of hydrogen-bond donors (Lipinski definition) is 2. The van der Waals surface area contributed by atoms with Gasteiger partial charge in [-0.05, 0) is 30.3 Å². The highest BCUT2D eigenvalue weighted by Gasteiger charge is 2.15. The van der Waals surface area contributed by atoms with Crippen LogP contribution in [0.25, 0.3) is 21.9 Å². The number of anilines is 1. The molecular weight excluding hydrogens is 456 g/mol. The van der Waals surface area contributed by atoms with Crippen LogP contribution in [0.15, 0.2) is 52.2 Å². The van der Waals surface area contributed by atoms with Gasteiger partial charge in [0.25, 0.3) is 0 Å². The number of nitrogens with one attached hydrogen (secondary N) is 2. The van der Waals surface area contributed by atoms with Crippen molar-refractivity contribution in [1.82, 2.24) is 15.0 Å². The van der Waals surface area contributed by atoms with Crippen LogP contribution in [-0.2, 0) is 4.79 Å². The average molecular weight is 473 g/mol. The summed E-state index contributed by atoms with van der Waals surface area (Å²) in [4.78, 5) is 24.4. The Morgan fingerprint density at radius 3 is 2.59 bits per heavy atom. The molecule has 2 N–H and O–H groups in total. The molecule has 2 aromatic heterocycles. The summed E-state index contributed by atoms with van der Waals surface area (Å²) >= 11 is 4.73. The fraction of sp³-hybridized carbons (Fsp3) is 0.150. The lowest BCUT2D eigenvalue weighted by atomic mass is 10.2. The van der Waals surface area contributed by atoms with Crippen molar-refractivity contribution in [2.45, 2.75) is 5.03 Å². The van der Waals surface area contributed by atoms with E-state index in [0.717, 1.165) is 32.1 Å². The molecule has 29 heavy (non-hydrogen) atoms. The van der Waals surface area contributed by atoms with E-state index >= 15 is 0 Å². The van der Waals surface area contributed by atoms with Crippen LogP contribution in [0.3, 0.4) is 0 Å². The molecule has 0 saturated carbocycles. The summed E-state index contributed by atoms with van der Waals surface area (Å²) in [5.41, 5.74) is 3.15. The molecule has 148 valence electrons. The van der Waals surface area contributed by atoms with Crippen molar-refractivity contribution < 1.29 is 14.3 Å². The number of aromatic nitrogens is 3. The predicted molar refractivity (Wildman–Crippen MR) is 118 cm³/mol. The van der Waals surface area contributed by atoms with E-state index in [2.05, 4.69) is 36.2 Å². The molecule has 0 atom stereocenters. The number of aromatic amines is 1. The Balaban J connectivity index is 1.59. The maximum Gasteiger partial charge on any atom is 0.234 e. The molecule has 7 nitrogen and oxygen atoms in total. The number of rotatable bonds is 6. The van der Waals surface area contributed by atoms with Crippen LogP contribution in [0.5, 0.6) is 11.5 Å².